The molecule has 1 saturated heterocycles. The van der Waals surface area contributed by atoms with E-state index in [2.05, 4.69) is 27.1 Å². The van der Waals surface area contributed by atoms with Crippen molar-refractivity contribution in [3.8, 4) is 0 Å². The Hall–Kier alpha value is -1.79. The highest BCUT2D eigenvalue weighted by molar-refractivity contribution is 7.09. The first kappa shape index (κ1) is 18.0. The Morgan fingerprint density at radius 3 is 2.68 bits per heavy atom. The number of aromatic nitrogens is 1. The molecular weight excluding hydrogens is 337 g/mol. The molecule has 0 saturated carbocycles. The number of carbonyl (C=O) groups is 1. The van der Waals surface area contributed by atoms with Crippen molar-refractivity contribution in [2.24, 2.45) is 0 Å². The second-order valence-electron chi connectivity index (χ2n) is 6.47. The van der Waals surface area contributed by atoms with E-state index >= 15 is 0 Å². The highest BCUT2D eigenvalue weighted by Gasteiger charge is 2.20. The van der Waals surface area contributed by atoms with E-state index in [0.29, 0.717) is 11.3 Å². The van der Waals surface area contributed by atoms with Gasteiger partial charge in [0.15, 0.2) is 5.78 Å². The van der Waals surface area contributed by atoms with Crippen molar-refractivity contribution in [3.63, 3.8) is 0 Å². The molecule has 0 aliphatic carbocycles. The fourth-order valence-corrected chi connectivity index (χ4v) is 4.00. The Kier molecular flexibility index (Phi) is 5.81. The summed E-state index contributed by atoms with van der Waals surface area (Å²) < 4.78 is 14.3. The van der Waals surface area contributed by atoms with Crippen molar-refractivity contribution in [1.82, 2.24) is 9.88 Å². The Morgan fingerprint density at radius 2 is 2.04 bits per heavy atom. The maximum atomic E-state index is 14.3. The van der Waals surface area contributed by atoms with E-state index < -0.39 is 0 Å². The number of piperazine rings is 1. The molecule has 1 aliphatic rings. The Bertz CT molecular complexity index is 738. The number of hydrogen-bond donors (Lipinski definition) is 0. The molecule has 3 rings (SSSR count). The molecule has 134 valence electrons. The van der Waals surface area contributed by atoms with E-state index in [-0.39, 0.29) is 11.6 Å². The molecule has 2 heterocycles. The number of anilines is 1. The van der Waals surface area contributed by atoms with E-state index in [1.54, 1.807) is 23.5 Å². The number of aryl methyl sites for hydroxylation is 1. The van der Waals surface area contributed by atoms with Gasteiger partial charge in [0, 0.05) is 43.7 Å². The molecule has 0 radical (unpaired) electrons. The number of halogens is 1. The van der Waals surface area contributed by atoms with Crippen LogP contribution in [-0.2, 0) is 13.0 Å². The quantitative estimate of drug-likeness (QED) is 0.734. The van der Waals surface area contributed by atoms with Crippen LogP contribution in [-0.4, -0.2) is 41.8 Å². The maximum absolute atomic E-state index is 14.3. The van der Waals surface area contributed by atoms with Crippen LogP contribution < -0.4 is 4.90 Å². The van der Waals surface area contributed by atoms with E-state index in [1.165, 1.54) is 18.0 Å². The first-order chi connectivity index (χ1) is 12.1. The number of benzene rings is 1. The topological polar surface area (TPSA) is 36.4 Å². The van der Waals surface area contributed by atoms with Gasteiger partial charge in [0.2, 0.25) is 0 Å². The van der Waals surface area contributed by atoms with Crippen molar-refractivity contribution < 1.29 is 9.18 Å². The molecular formula is C19H24FN3OS. The molecule has 25 heavy (non-hydrogen) atoms. The van der Waals surface area contributed by atoms with Crippen LogP contribution in [0, 0.1) is 5.82 Å². The molecule has 0 bridgehead atoms. The van der Waals surface area contributed by atoms with Crippen molar-refractivity contribution in [2.45, 2.75) is 33.2 Å². The number of rotatable bonds is 6. The number of thiazole rings is 1. The van der Waals surface area contributed by atoms with E-state index in [1.807, 2.05) is 0 Å². The molecule has 0 atom stereocenters. The third-order valence-corrected chi connectivity index (χ3v) is 5.47. The Labute approximate surface area is 152 Å². The van der Waals surface area contributed by atoms with Gasteiger partial charge in [-0.15, -0.1) is 11.3 Å². The van der Waals surface area contributed by atoms with Gasteiger partial charge in [-0.3, -0.25) is 9.69 Å². The van der Waals surface area contributed by atoms with Crippen LogP contribution in [0.3, 0.4) is 0 Å². The minimum absolute atomic E-state index is 0.110. The van der Waals surface area contributed by atoms with Crippen molar-refractivity contribution in [2.75, 3.05) is 31.1 Å². The van der Waals surface area contributed by atoms with Crippen molar-refractivity contribution in [1.29, 1.82) is 0 Å². The normalized spacial score (nSPS) is 15.6. The summed E-state index contributed by atoms with van der Waals surface area (Å²) in [7, 11) is 0. The molecule has 4 nitrogen and oxygen atoms in total. The number of nitrogens with zero attached hydrogens (tertiary/aromatic N) is 3. The molecule has 6 heteroatoms. The summed E-state index contributed by atoms with van der Waals surface area (Å²) in [6, 6.07) is 4.77. The van der Waals surface area contributed by atoms with Crippen LogP contribution in [0.15, 0.2) is 23.6 Å². The minimum Gasteiger partial charge on any atom is -0.367 e. The molecule has 0 amide bonds. The standard InChI is InChI=1S/C19H24FN3OS/c1-3-4-19-21-16(13-25-19)12-22-7-9-23(10-8-22)18-6-5-15(14(2)24)11-17(18)20/h5-6,11,13H,3-4,7-10,12H2,1-2H3. The smallest absolute Gasteiger partial charge is 0.159 e. The van der Waals surface area contributed by atoms with Crippen molar-refractivity contribution in [3.05, 3.63) is 45.7 Å². The van der Waals surface area contributed by atoms with Crippen LogP contribution >= 0.6 is 11.3 Å². The zero-order valence-corrected chi connectivity index (χ0v) is 15.6. The number of carbonyl (C=O) groups excluding carboxylic acids is 1. The summed E-state index contributed by atoms with van der Waals surface area (Å²) in [5, 5.41) is 3.36. The molecule has 1 aromatic carbocycles. The van der Waals surface area contributed by atoms with Crippen LogP contribution in [0.2, 0.25) is 0 Å². The summed E-state index contributed by atoms with van der Waals surface area (Å²) in [6.45, 7) is 7.81. The lowest BCUT2D eigenvalue weighted by Crippen LogP contribution is -2.46. The molecule has 2 aromatic rings. The monoisotopic (exact) mass is 361 g/mol. The third kappa shape index (κ3) is 4.44. The largest absolute Gasteiger partial charge is 0.367 e. The molecule has 1 aliphatic heterocycles. The fourth-order valence-electron chi connectivity index (χ4n) is 3.11. The maximum Gasteiger partial charge on any atom is 0.159 e. The Balaban J connectivity index is 1.57. The molecule has 1 fully saturated rings. The highest BCUT2D eigenvalue weighted by atomic mass is 32.1. The summed E-state index contributed by atoms with van der Waals surface area (Å²) in [6.07, 6.45) is 2.17. The number of ketones is 1. The van der Waals surface area contributed by atoms with Crippen LogP contribution in [0.4, 0.5) is 10.1 Å². The third-order valence-electron chi connectivity index (χ3n) is 4.52. The summed E-state index contributed by atoms with van der Waals surface area (Å²) >= 11 is 1.74. The summed E-state index contributed by atoms with van der Waals surface area (Å²) in [5.41, 5.74) is 2.15. The molecule has 0 unspecified atom stereocenters. The lowest BCUT2D eigenvalue weighted by Gasteiger charge is -2.36. The van der Waals surface area contributed by atoms with Gasteiger partial charge in [-0.2, -0.15) is 0 Å². The van der Waals surface area contributed by atoms with Gasteiger partial charge in [0.25, 0.3) is 0 Å². The van der Waals surface area contributed by atoms with E-state index in [9.17, 15) is 9.18 Å². The molecule has 0 spiro atoms. The van der Waals surface area contributed by atoms with Gasteiger partial charge in [-0.1, -0.05) is 6.92 Å². The molecule has 0 N–H and O–H groups in total. The van der Waals surface area contributed by atoms with Gasteiger partial charge in [-0.05, 0) is 38.0 Å². The number of hydrogen-bond acceptors (Lipinski definition) is 5. The van der Waals surface area contributed by atoms with Gasteiger partial charge < -0.3 is 4.90 Å². The van der Waals surface area contributed by atoms with Crippen LogP contribution in [0.1, 0.15) is 41.3 Å². The minimum atomic E-state index is -0.315. The lowest BCUT2D eigenvalue weighted by atomic mass is 10.1. The first-order valence-corrected chi connectivity index (χ1v) is 9.66. The average molecular weight is 361 g/mol. The predicted octanol–water partition coefficient (Wildman–Crippen LogP) is 3.76. The van der Waals surface area contributed by atoms with Gasteiger partial charge in [-0.25, -0.2) is 9.37 Å². The van der Waals surface area contributed by atoms with Gasteiger partial charge >= 0.3 is 0 Å². The van der Waals surface area contributed by atoms with Crippen LogP contribution in [0.5, 0.6) is 0 Å². The predicted molar refractivity (Wildman–Crippen MR) is 100 cm³/mol. The van der Waals surface area contributed by atoms with Crippen molar-refractivity contribution >= 4 is 22.8 Å². The summed E-state index contributed by atoms with van der Waals surface area (Å²) in [4.78, 5) is 20.5. The van der Waals surface area contributed by atoms with E-state index in [4.69, 9.17) is 0 Å². The number of Topliss-reactive ketones (excluding diaryl/α,β-unsaturated/α-hetero) is 1. The second-order valence-corrected chi connectivity index (χ2v) is 7.41. The lowest BCUT2D eigenvalue weighted by molar-refractivity contribution is 0.101. The summed E-state index contributed by atoms with van der Waals surface area (Å²) in [5.74, 6) is -0.425. The van der Waals surface area contributed by atoms with Gasteiger partial charge in [0.1, 0.15) is 5.82 Å². The highest BCUT2D eigenvalue weighted by Crippen LogP contribution is 2.23. The Morgan fingerprint density at radius 1 is 1.28 bits per heavy atom. The first-order valence-electron chi connectivity index (χ1n) is 8.78. The van der Waals surface area contributed by atoms with Gasteiger partial charge in [0.05, 0.1) is 16.4 Å². The van der Waals surface area contributed by atoms with Crippen LogP contribution in [0.25, 0.3) is 0 Å². The zero-order valence-electron chi connectivity index (χ0n) is 14.8. The zero-order chi connectivity index (χ0) is 17.8. The fraction of sp³-hybridized carbons (Fsp3) is 0.474. The van der Waals surface area contributed by atoms with E-state index in [0.717, 1.165) is 51.3 Å². The molecule has 1 aromatic heterocycles. The SMILES string of the molecule is CCCc1nc(CN2CCN(c3ccc(C(C)=O)cc3F)CC2)cs1. The average Bonchev–Trinajstić information content (AvgIpc) is 3.03. The second kappa shape index (κ2) is 8.06.